The van der Waals surface area contributed by atoms with Gasteiger partial charge in [-0.05, 0) is 31.9 Å². The zero-order valence-corrected chi connectivity index (χ0v) is 15.1. The number of hydrogen-bond acceptors (Lipinski definition) is 6. The maximum absolute atomic E-state index is 12.5. The number of piperidine rings is 1. The molecule has 2 aromatic rings. The summed E-state index contributed by atoms with van der Waals surface area (Å²) in [5.74, 6) is 0.338. The van der Waals surface area contributed by atoms with Crippen molar-refractivity contribution >= 4 is 34.8 Å². The first-order valence-electron chi connectivity index (χ1n) is 7.91. The minimum absolute atomic E-state index is 0.0382. The number of amides is 1. The summed E-state index contributed by atoms with van der Waals surface area (Å²) in [6.07, 6.45) is 3.31. The van der Waals surface area contributed by atoms with Crippen molar-refractivity contribution in [3.8, 4) is 0 Å². The van der Waals surface area contributed by atoms with Crippen LogP contribution < -0.4 is 0 Å². The van der Waals surface area contributed by atoms with E-state index in [0.29, 0.717) is 18.0 Å². The zero-order chi connectivity index (χ0) is 16.9. The van der Waals surface area contributed by atoms with Crippen molar-refractivity contribution in [2.24, 2.45) is 5.92 Å². The Morgan fingerprint density at radius 1 is 1.42 bits per heavy atom. The average Bonchev–Trinajstić information content (AvgIpc) is 3.05. The molecule has 1 aliphatic rings. The highest BCUT2D eigenvalue weighted by Gasteiger charge is 2.29. The lowest BCUT2D eigenvalue weighted by molar-refractivity contribution is -0.129. The molecule has 5 nitrogen and oxygen atoms in total. The quantitative estimate of drug-likeness (QED) is 0.605. The van der Waals surface area contributed by atoms with Gasteiger partial charge in [0.25, 0.3) is 0 Å². The molecule has 3 heterocycles. The summed E-state index contributed by atoms with van der Waals surface area (Å²) < 4.78 is 0.916. The number of thiazole rings is 1. The second-order valence-corrected chi connectivity index (χ2v) is 7.88. The van der Waals surface area contributed by atoms with Crippen molar-refractivity contribution in [1.82, 2.24) is 14.9 Å². The van der Waals surface area contributed by atoms with E-state index >= 15 is 0 Å². The number of aromatic nitrogens is 2. The van der Waals surface area contributed by atoms with Crippen LogP contribution in [0.3, 0.4) is 0 Å². The molecule has 0 aromatic carbocycles. The molecule has 1 aliphatic heterocycles. The van der Waals surface area contributed by atoms with Crippen LogP contribution in [-0.4, -0.2) is 45.4 Å². The summed E-state index contributed by atoms with van der Waals surface area (Å²) >= 11 is 3.03. The molecule has 24 heavy (non-hydrogen) atoms. The molecule has 0 spiro atoms. The highest BCUT2D eigenvalue weighted by atomic mass is 32.2. The van der Waals surface area contributed by atoms with Crippen molar-refractivity contribution in [3.05, 3.63) is 41.2 Å². The van der Waals surface area contributed by atoms with Crippen molar-refractivity contribution in [1.29, 1.82) is 0 Å². The van der Waals surface area contributed by atoms with Crippen LogP contribution in [0.1, 0.15) is 29.0 Å². The van der Waals surface area contributed by atoms with Crippen LogP contribution in [0.25, 0.3) is 0 Å². The molecular weight excluding hydrogens is 342 g/mol. The second kappa shape index (κ2) is 7.90. The van der Waals surface area contributed by atoms with Gasteiger partial charge in [-0.1, -0.05) is 17.8 Å². The number of rotatable bonds is 5. The van der Waals surface area contributed by atoms with Crippen LogP contribution in [0.4, 0.5) is 0 Å². The third kappa shape index (κ3) is 4.21. The highest BCUT2D eigenvalue weighted by molar-refractivity contribution is 8.01. The van der Waals surface area contributed by atoms with E-state index in [1.807, 2.05) is 23.3 Å². The topological polar surface area (TPSA) is 63.2 Å². The van der Waals surface area contributed by atoms with Gasteiger partial charge in [-0.15, -0.1) is 11.3 Å². The summed E-state index contributed by atoms with van der Waals surface area (Å²) in [4.78, 5) is 35.3. The number of Topliss-reactive ketones (excluding diaryl/α,β-unsaturated/α-hetero) is 1. The standard InChI is InChI=1S/C17H19N3O2S2/c1-12-10-23-17(19-12)24-11-15(21)20-8-4-5-13(9-20)16(22)14-6-2-3-7-18-14/h2-3,6-7,10,13H,4-5,8-9,11H2,1H3. The number of likely N-dealkylation sites (tertiary alicyclic amines) is 1. The Bertz CT molecular complexity index is 718. The monoisotopic (exact) mass is 361 g/mol. The number of pyridine rings is 1. The van der Waals surface area contributed by atoms with E-state index in [1.54, 1.807) is 29.7 Å². The predicted octanol–water partition coefficient (Wildman–Crippen LogP) is 3.06. The lowest BCUT2D eigenvalue weighted by atomic mass is 9.92. The summed E-state index contributed by atoms with van der Waals surface area (Å²) in [5.41, 5.74) is 1.47. The lowest BCUT2D eigenvalue weighted by Crippen LogP contribution is -2.43. The van der Waals surface area contributed by atoms with Crippen molar-refractivity contribution < 1.29 is 9.59 Å². The molecule has 7 heteroatoms. The van der Waals surface area contributed by atoms with Crippen LogP contribution in [0.15, 0.2) is 34.1 Å². The molecule has 2 aromatic heterocycles. The second-order valence-electron chi connectivity index (χ2n) is 5.80. The predicted molar refractivity (Wildman–Crippen MR) is 95.4 cm³/mol. The molecule has 0 bridgehead atoms. The minimum atomic E-state index is -0.148. The first-order valence-corrected chi connectivity index (χ1v) is 9.78. The van der Waals surface area contributed by atoms with Crippen LogP contribution in [0.5, 0.6) is 0 Å². The number of ketones is 1. The van der Waals surface area contributed by atoms with E-state index in [4.69, 9.17) is 0 Å². The third-order valence-electron chi connectivity index (χ3n) is 3.98. The number of carbonyl (C=O) groups is 2. The van der Waals surface area contributed by atoms with E-state index < -0.39 is 0 Å². The van der Waals surface area contributed by atoms with Gasteiger partial charge in [-0.25, -0.2) is 4.98 Å². The average molecular weight is 361 g/mol. The maximum atomic E-state index is 12.5. The van der Waals surface area contributed by atoms with Crippen LogP contribution >= 0.6 is 23.1 Å². The van der Waals surface area contributed by atoms with Crippen molar-refractivity contribution in [2.75, 3.05) is 18.8 Å². The Labute approximate surface area is 149 Å². The number of hydrogen-bond donors (Lipinski definition) is 0. The molecule has 0 N–H and O–H groups in total. The highest BCUT2D eigenvalue weighted by Crippen LogP contribution is 2.25. The van der Waals surface area contributed by atoms with Gasteiger partial charge in [0.2, 0.25) is 5.91 Å². The maximum Gasteiger partial charge on any atom is 0.233 e. The molecule has 0 aliphatic carbocycles. The number of nitrogens with zero attached hydrogens (tertiary/aromatic N) is 3. The SMILES string of the molecule is Cc1csc(SCC(=O)N2CCCC(C(=O)c3ccccn3)C2)n1. The number of aryl methyl sites for hydroxylation is 1. The molecule has 0 saturated carbocycles. The molecule has 1 atom stereocenters. The van der Waals surface area contributed by atoms with E-state index in [-0.39, 0.29) is 17.6 Å². The Hall–Kier alpha value is -1.73. The molecule has 3 rings (SSSR count). The van der Waals surface area contributed by atoms with Gasteiger partial charge in [0.1, 0.15) is 5.69 Å². The molecule has 1 unspecified atom stereocenters. The van der Waals surface area contributed by atoms with Gasteiger partial charge in [0.05, 0.1) is 5.75 Å². The normalized spacial score (nSPS) is 17.7. The Balaban J connectivity index is 1.56. The molecule has 1 saturated heterocycles. The molecule has 1 amide bonds. The van der Waals surface area contributed by atoms with E-state index in [9.17, 15) is 9.59 Å². The molecular formula is C17H19N3O2S2. The Kier molecular flexibility index (Phi) is 5.63. The molecule has 1 fully saturated rings. The van der Waals surface area contributed by atoms with Gasteiger partial charge in [0.15, 0.2) is 10.1 Å². The van der Waals surface area contributed by atoms with Gasteiger partial charge in [0, 0.05) is 36.3 Å². The third-order valence-corrected chi connectivity index (χ3v) is 6.10. The van der Waals surface area contributed by atoms with Crippen molar-refractivity contribution in [2.45, 2.75) is 24.1 Å². The zero-order valence-electron chi connectivity index (χ0n) is 13.5. The Morgan fingerprint density at radius 2 is 2.29 bits per heavy atom. The fraction of sp³-hybridized carbons (Fsp3) is 0.412. The Morgan fingerprint density at radius 3 is 3.00 bits per heavy atom. The van der Waals surface area contributed by atoms with Gasteiger partial charge < -0.3 is 4.90 Å². The van der Waals surface area contributed by atoms with Gasteiger partial charge in [-0.2, -0.15) is 0 Å². The van der Waals surface area contributed by atoms with Crippen molar-refractivity contribution in [3.63, 3.8) is 0 Å². The fourth-order valence-corrected chi connectivity index (χ4v) is 4.50. The summed E-state index contributed by atoms with van der Waals surface area (Å²) in [5, 5.41) is 1.98. The van der Waals surface area contributed by atoms with E-state index in [0.717, 1.165) is 29.4 Å². The minimum Gasteiger partial charge on any atom is -0.341 e. The van der Waals surface area contributed by atoms with Gasteiger partial charge >= 0.3 is 0 Å². The molecule has 0 radical (unpaired) electrons. The summed E-state index contributed by atoms with van der Waals surface area (Å²) in [6.45, 7) is 3.16. The fourth-order valence-electron chi connectivity index (χ4n) is 2.75. The summed E-state index contributed by atoms with van der Waals surface area (Å²) in [7, 11) is 0. The first-order chi connectivity index (χ1) is 11.6. The number of carbonyl (C=O) groups excluding carboxylic acids is 2. The first kappa shape index (κ1) is 17.1. The van der Waals surface area contributed by atoms with Crippen LogP contribution in [-0.2, 0) is 4.79 Å². The van der Waals surface area contributed by atoms with Crippen LogP contribution in [0.2, 0.25) is 0 Å². The van der Waals surface area contributed by atoms with Crippen LogP contribution in [0, 0.1) is 12.8 Å². The van der Waals surface area contributed by atoms with Gasteiger partial charge in [-0.3, -0.25) is 14.6 Å². The smallest absolute Gasteiger partial charge is 0.233 e. The lowest BCUT2D eigenvalue weighted by Gasteiger charge is -2.31. The molecule has 126 valence electrons. The largest absolute Gasteiger partial charge is 0.341 e. The van der Waals surface area contributed by atoms with E-state index in [1.165, 1.54) is 11.8 Å². The van der Waals surface area contributed by atoms with E-state index in [2.05, 4.69) is 9.97 Å². The summed E-state index contributed by atoms with van der Waals surface area (Å²) in [6, 6.07) is 5.35. The number of thioether (sulfide) groups is 1.